The third kappa shape index (κ3) is 6.80. The van der Waals surface area contributed by atoms with E-state index < -0.39 is 11.5 Å². The molecule has 0 spiro atoms. The molecule has 1 aromatic carbocycles. The zero-order chi connectivity index (χ0) is 17.2. The summed E-state index contributed by atoms with van der Waals surface area (Å²) < 4.78 is 9.53. The third-order valence-electron chi connectivity index (χ3n) is 2.89. The fourth-order valence-corrected chi connectivity index (χ4v) is 2.15. The van der Waals surface area contributed by atoms with Crippen LogP contribution >= 0.6 is 11.6 Å². The lowest BCUT2D eigenvalue weighted by atomic mass is 9.96. The molecule has 0 saturated carbocycles. The maximum atomic E-state index is 11.3. The fraction of sp³-hybridized carbons (Fsp3) is 0.500. The van der Waals surface area contributed by atoms with Crippen LogP contribution < -0.4 is 10.1 Å². The van der Waals surface area contributed by atoms with Crippen molar-refractivity contribution in [2.24, 2.45) is 0 Å². The number of benzene rings is 1. The van der Waals surface area contributed by atoms with Gasteiger partial charge in [0.2, 0.25) is 5.91 Å². The van der Waals surface area contributed by atoms with E-state index in [4.69, 9.17) is 16.3 Å². The number of para-hydroxylation sites is 1. The van der Waals surface area contributed by atoms with Gasteiger partial charge in [-0.3, -0.25) is 4.79 Å². The first-order valence-electron chi connectivity index (χ1n) is 6.96. The van der Waals surface area contributed by atoms with Gasteiger partial charge in [-0.2, -0.15) is 0 Å². The molecule has 1 rings (SSSR count). The molecular weight excluding hydrogens is 306 g/mol. The van der Waals surface area contributed by atoms with Crippen molar-refractivity contribution in [2.45, 2.75) is 39.2 Å². The molecule has 1 N–H and O–H groups in total. The number of carbonyl (C=O) groups excluding carboxylic acids is 2. The molecule has 0 bridgehead atoms. The predicted molar refractivity (Wildman–Crippen MR) is 87.1 cm³/mol. The summed E-state index contributed by atoms with van der Waals surface area (Å²) >= 11 is 5.70. The number of ether oxygens (including phenoxy) is 2. The molecule has 0 heterocycles. The van der Waals surface area contributed by atoms with Gasteiger partial charge in [0.15, 0.2) is 0 Å². The van der Waals surface area contributed by atoms with Crippen LogP contribution in [-0.4, -0.2) is 31.6 Å². The van der Waals surface area contributed by atoms with Gasteiger partial charge in [-0.25, -0.2) is 4.79 Å². The number of nitrogens with one attached hydrogen (secondary N) is 1. The van der Waals surface area contributed by atoms with Gasteiger partial charge < -0.3 is 14.8 Å². The van der Waals surface area contributed by atoms with Crippen LogP contribution in [0.5, 0.6) is 5.75 Å². The quantitative estimate of drug-likeness (QED) is 0.842. The van der Waals surface area contributed by atoms with Gasteiger partial charge in [-0.15, -0.1) is 0 Å². The van der Waals surface area contributed by atoms with Crippen molar-refractivity contribution >= 4 is 23.5 Å². The van der Waals surface area contributed by atoms with Gasteiger partial charge in [0, 0.05) is 6.92 Å². The van der Waals surface area contributed by atoms with E-state index in [2.05, 4.69) is 10.1 Å². The highest BCUT2D eigenvalue weighted by molar-refractivity contribution is 6.32. The number of hydrogen-bond acceptors (Lipinski definition) is 4. The Balaban J connectivity index is 0.000000425. The second kappa shape index (κ2) is 10.1. The van der Waals surface area contributed by atoms with Crippen molar-refractivity contribution < 1.29 is 19.1 Å². The molecule has 0 aliphatic carbocycles. The van der Waals surface area contributed by atoms with Crippen molar-refractivity contribution in [1.29, 1.82) is 0 Å². The summed E-state index contributed by atoms with van der Waals surface area (Å²) in [6.07, 6.45) is 1.39. The van der Waals surface area contributed by atoms with E-state index in [0.29, 0.717) is 11.4 Å². The zero-order valence-corrected chi connectivity index (χ0v) is 14.5. The van der Waals surface area contributed by atoms with Gasteiger partial charge in [-0.1, -0.05) is 37.1 Å². The number of carbonyl (C=O) groups is 2. The monoisotopic (exact) mass is 329 g/mol. The number of methoxy groups -OCH3 is 2. The molecule has 5 nitrogen and oxygen atoms in total. The summed E-state index contributed by atoms with van der Waals surface area (Å²) in [6.45, 7) is 5.00. The Morgan fingerprint density at radius 2 is 1.86 bits per heavy atom. The van der Waals surface area contributed by atoms with Crippen LogP contribution in [0.4, 0.5) is 0 Å². The summed E-state index contributed by atoms with van der Waals surface area (Å²) in [5, 5.41) is 3.25. The van der Waals surface area contributed by atoms with Crippen LogP contribution in [-0.2, 0) is 14.3 Å². The summed E-state index contributed by atoms with van der Waals surface area (Å²) in [7, 11) is 2.92. The smallest absolute Gasteiger partial charge is 0.331 e. The molecule has 0 aromatic heterocycles. The molecule has 0 aliphatic heterocycles. The maximum Gasteiger partial charge on any atom is 0.331 e. The Bertz CT molecular complexity index is 493. The molecule has 1 amide bonds. The van der Waals surface area contributed by atoms with Crippen LogP contribution in [0.1, 0.15) is 33.6 Å². The minimum atomic E-state index is -0.880. The standard InChI is InChI=1S/C9H17NO3.C7H7ClO/c1-5-6-9(3,8(12)13-4)10-7(2)11;1-9-7-5-3-2-4-6(7)8/h5-6H2,1-4H3,(H,10,11);2-5H,1H3. The van der Waals surface area contributed by atoms with Crippen molar-refractivity contribution in [2.75, 3.05) is 14.2 Å². The molecule has 124 valence electrons. The van der Waals surface area contributed by atoms with Crippen LogP contribution in [0, 0.1) is 0 Å². The second-order valence-electron chi connectivity index (χ2n) is 4.89. The Kier molecular flexibility index (Phi) is 9.26. The zero-order valence-electron chi connectivity index (χ0n) is 13.7. The molecule has 1 atom stereocenters. The Hall–Kier alpha value is -1.75. The van der Waals surface area contributed by atoms with Crippen molar-refractivity contribution in [3.05, 3.63) is 29.3 Å². The lowest BCUT2D eigenvalue weighted by Crippen LogP contribution is -2.52. The van der Waals surface area contributed by atoms with Gasteiger partial charge in [0.25, 0.3) is 0 Å². The summed E-state index contributed by atoms with van der Waals surface area (Å²) in [5.41, 5.74) is -0.880. The van der Waals surface area contributed by atoms with Gasteiger partial charge in [0.1, 0.15) is 11.3 Å². The highest BCUT2D eigenvalue weighted by atomic mass is 35.5. The van der Waals surface area contributed by atoms with Crippen LogP contribution in [0.25, 0.3) is 0 Å². The Labute approximate surface area is 136 Å². The van der Waals surface area contributed by atoms with E-state index in [-0.39, 0.29) is 5.91 Å². The highest BCUT2D eigenvalue weighted by Crippen LogP contribution is 2.21. The molecule has 22 heavy (non-hydrogen) atoms. The van der Waals surface area contributed by atoms with Crippen LogP contribution in [0.15, 0.2) is 24.3 Å². The molecule has 0 saturated heterocycles. The highest BCUT2D eigenvalue weighted by Gasteiger charge is 2.33. The fourth-order valence-electron chi connectivity index (χ4n) is 1.94. The van der Waals surface area contributed by atoms with E-state index >= 15 is 0 Å². The molecule has 0 aliphatic rings. The minimum absolute atomic E-state index is 0.221. The van der Waals surface area contributed by atoms with Crippen molar-refractivity contribution in [1.82, 2.24) is 5.32 Å². The SMILES string of the molecule is CCCC(C)(NC(C)=O)C(=O)OC.COc1ccccc1Cl. The lowest BCUT2D eigenvalue weighted by Gasteiger charge is -2.26. The van der Waals surface area contributed by atoms with Gasteiger partial charge >= 0.3 is 5.97 Å². The first-order valence-corrected chi connectivity index (χ1v) is 7.34. The Morgan fingerprint density at radius 3 is 2.23 bits per heavy atom. The molecule has 6 heteroatoms. The summed E-state index contributed by atoms with van der Waals surface area (Å²) in [4.78, 5) is 22.2. The van der Waals surface area contributed by atoms with Crippen molar-refractivity contribution in [3.8, 4) is 5.75 Å². The van der Waals surface area contributed by atoms with E-state index in [0.717, 1.165) is 12.2 Å². The first kappa shape index (κ1) is 20.2. The van der Waals surface area contributed by atoms with Gasteiger partial charge in [0.05, 0.1) is 19.2 Å². The number of amides is 1. The van der Waals surface area contributed by atoms with E-state index in [9.17, 15) is 9.59 Å². The normalized spacial score (nSPS) is 12.3. The Morgan fingerprint density at radius 1 is 1.27 bits per heavy atom. The molecule has 1 unspecified atom stereocenters. The number of halogens is 1. The molecule has 1 aromatic rings. The molecule has 0 radical (unpaired) electrons. The molecular formula is C16H24ClNO4. The van der Waals surface area contributed by atoms with Crippen molar-refractivity contribution in [3.63, 3.8) is 0 Å². The number of esters is 1. The average Bonchev–Trinajstić information content (AvgIpc) is 2.47. The minimum Gasteiger partial charge on any atom is -0.495 e. The van der Waals surface area contributed by atoms with E-state index in [1.54, 1.807) is 20.1 Å². The lowest BCUT2D eigenvalue weighted by molar-refractivity contribution is -0.150. The summed E-state index contributed by atoms with van der Waals surface area (Å²) in [5.74, 6) is 0.102. The van der Waals surface area contributed by atoms with Gasteiger partial charge in [-0.05, 0) is 25.5 Å². The van der Waals surface area contributed by atoms with E-state index in [1.165, 1.54) is 14.0 Å². The first-order chi connectivity index (χ1) is 10.3. The largest absolute Gasteiger partial charge is 0.495 e. The average molecular weight is 330 g/mol. The maximum absolute atomic E-state index is 11.3. The van der Waals surface area contributed by atoms with Crippen LogP contribution in [0.2, 0.25) is 5.02 Å². The summed E-state index contributed by atoms with van der Waals surface area (Å²) in [6, 6.07) is 7.36. The van der Waals surface area contributed by atoms with Crippen LogP contribution in [0.3, 0.4) is 0 Å². The second-order valence-corrected chi connectivity index (χ2v) is 5.30. The van der Waals surface area contributed by atoms with E-state index in [1.807, 2.05) is 25.1 Å². The topological polar surface area (TPSA) is 64.6 Å². The molecule has 0 fully saturated rings. The third-order valence-corrected chi connectivity index (χ3v) is 3.21. The number of rotatable bonds is 5. The predicted octanol–water partition coefficient (Wildman–Crippen LogP) is 3.20. The number of hydrogen-bond donors (Lipinski definition) is 1.